The molecule has 0 bridgehead atoms. The second-order valence-corrected chi connectivity index (χ2v) is 9.53. The van der Waals surface area contributed by atoms with Gasteiger partial charge in [0.05, 0.1) is 27.8 Å². The predicted molar refractivity (Wildman–Crippen MR) is 98.5 cm³/mol. The van der Waals surface area contributed by atoms with Gasteiger partial charge in [-0.15, -0.1) is 11.6 Å². The van der Waals surface area contributed by atoms with Crippen LogP contribution < -0.4 is 4.74 Å². The molecule has 0 saturated heterocycles. The fourth-order valence-electron chi connectivity index (χ4n) is 3.34. The molecule has 1 aromatic heterocycles. The second kappa shape index (κ2) is 6.39. The number of esters is 1. The van der Waals surface area contributed by atoms with Crippen LogP contribution in [-0.4, -0.2) is 29.9 Å². The van der Waals surface area contributed by atoms with E-state index >= 15 is 0 Å². The normalized spacial score (nSPS) is 20.4. The number of rotatable bonds is 3. The Hall–Kier alpha value is -1.86. The van der Waals surface area contributed by atoms with Crippen molar-refractivity contribution in [2.24, 2.45) is 5.41 Å². The molecule has 1 aliphatic rings. The number of hydrogen-bond donors (Lipinski definition) is 0. The third-order valence-corrected chi connectivity index (χ3v) is 7.66. The quantitative estimate of drug-likeness (QED) is 0.585. The summed E-state index contributed by atoms with van der Waals surface area (Å²) in [4.78, 5) is 12.9. The molecule has 0 amide bonds. The molecule has 2 aromatic rings. The van der Waals surface area contributed by atoms with Crippen LogP contribution in [0, 0.1) is 12.3 Å². The van der Waals surface area contributed by atoms with E-state index in [-0.39, 0.29) is 10.6 Å². The maximum atomic E-state index is 12.7. The molecule has 0 aliphatic carbocycles. The van der Waals surface area contributed by atoms with Crippen LogP contribution in [0.4, 0.5) is 0 Å². The average molecular weight is 397 g/mol. The minimum absolute atomic E-state index is 0.0277. The lowest BCUT2D eigenvalue weighted by Crippen LogP contribution is -2.35. The molecule has 1 atom stereocenters. The van der Waals surface area contributed by atoms with Crippen LogP contribution in [0.25, 0.3) is 0 Å². The molecule has 0 spiro atoms. The first-order valence-electron chi connectivity index (χ1n) is 8.33. The first-order valence-corrected chi connectivity index (χ1v) is 10.4. The lowest BCUT2D eigenvalue weighted by atomic mass is 9.84. The number of sulfone groups is 1. The van der Waals surface area contributed by atoms with Gasteiger partial charge >= 0.3 is 5.97 Å². The molecular weight excluding hydrogens is 376 g/mol. The van der Waals surface area contributed by atoms with Crippen molar-refractivity contribution in [1.29, 1.82) is 0 Å². The lowest BCUT2D eigenvalue weighted by Gasteiger charge is -2.37. The van der Waals surface area contributed by atoms with Gasteiger partial charge in [0.2, 0.25) is 5.88 Å². The van der Waals surface area contributed by atoms with Crippen LogP contribution in [0.2, 0.25) is 0 Å². The zero-order chi connectivity index (χ0) is 19.3. The molecule has 26 heavy (non-hydrogen) atoms. The van der Waals surface area contributed by atoms with Gasteiger partial charge in [-0.3, -0.25) is 0 Å². The van der Waals surface area contributed by atoms with Gasteiger partial charge in [0.1, 0.15) is 0 Å². The third-order valence-electron chi connectivity index (χ3n) is 4.71. The maximum Gasteiger partial charge on any atom is 0.345 e. The predicted octanol–water partition coefficient (Wildman–Crippen LogP) is 3.52. The number of alkyl halides is 1. The van der Waals surface area contributed by atoms with Gasteiger partial charge in [0, 0.05) is 12.6 Å². The monoisotopic (exact) mass is 396 g/mol. The highest BCUT2D eigenvalue weighted by molar-refractivity contribution is 7.91. The van der Waals surface area contributed by atoms with Crippen LogP contribution in [0.15, 0.2) is 29.3 Å². The average Bonchev–Trinajstić information content (AvgIpc) is 2.98. The van der Waals surface area contributed by atoms with Crippen LogP contribution in [0.5, 0.6) is 5.88 Å². The SMILES string of the molecule is CCn1nccc1OC(=O)c1ccc2c(c1C)C(Cl)C(C)(C)CS2(=O)=O. The van der Waals surface area contributed by atoms with E-state index in [2.05, 4.69) is 5.10 Å². The number of nitrogens with zero attached hydrogens (tertiary/aromatic N) is 2. The molecule has 1 aromatic carbocycles. The minimum Gasteiger partial charge on any atom is -0.404 e. The van der Waals surface area contributed by atoms with Crippen molar-refractivity contribution in [1.82, 2.24) is 9.78 Å². The van der Waals surface area contributed by atoms with Crippen molar-refractivity contribution in [3.8, 4) is 5.88 Å². The highest BCUT2D eigenvalue weighted by Gasteiger charge is 2.44. The number of hydrogen-bond acceptors (Lipinski definition) is 5. The Bertz CT molecular complexity index is 979. The highest BCUT2D eigenvalue weighted by Crippen LogP contribution is 2.49. The fourth-order valence-corrected chi connectivity index (χ4v) is 6.03. The largest absolute Gasteiger partial charge is 0.404 e. The van der Waals surface area contributed by atoms with Crippen molar-refractivity contribution in [3.05, 3.63) is 41.1 Å². The Labute approximate surface area is 158 Å². The molecule has 0 N–H and O–H groups in total. The van der Waals surface area contributed by atoms with Crippen LogP contribution >= 0.6 is 11.6 Å². The van der Waals surface area contributed by atoms with Gasteiger partial charge in [-0.1, -0.05) is 13.8 Å². The van der Waals surface area contributed by atoms with Crippen molar-refractivity contribution in [2.45, 2.75) is 44.5 Å². The van der Waals surface area contributed by atoms with Gasteiger partial charge in [0.25, 0.3) is 0 Å². The van der Waals surface area contributed by atoms with Crippen molar-refractivity contribution < 1.29 is 17.9 Å². The summed E-state index contributed by atoms with van der Waals surface area (Å²) in [6.45, 7) is 7.79. The third kappa shape index (κ3) is 3.03. The number of aromatic nitrogens is 2. The molecule has 1 unspecified atom stereocenters. The van der Waals surface area contributed by atoms with E-state index < -0.39 is 26.6 Å². The summed E-state index contributed by atoms with van der Waals surface area (Å²) < 4.78 is 32.2. The van der Waals surface area contributed by atoms with Crippen molar-refractivity contribution in [2.75, 3.05) is 5.75 Å². The summed E-state index contributed by atoms with van der Waals surface area (Å²) in [5, 5.41) is 3.54. The van der Waals surface area contributed by atoms with E-state index in [1.165, 1.54) is 12.1 Å². The molecule has 0 radical (unpaired) electrons. The van der Waals surface area contributed by atoms with Gasteiger partial charge in [-0.05, 0) is 42.5 Å². The fraction of sp³-hybridized carbons (Fsp3) is 0.444. The number of carbonyl (C=O) groups excluding carboxylic acids is 1. The maximum absolute atomic E-state index is 12.7. The zero-order valence-electron chi connectivity index (χ0n) is 15.1. The molecule has 0 saturated carbocycles. The topological polar surface area (TPSA) is 78.3 Å². The summed E-state index contributed by atoms with van der Waals surface area (Å²) in [6.07, 6.45) is 1.55. The zero-order valence-corrected chi connectivity index (χ0v) is 16.7. The van der Waals surface area contributed by atoms with Crippen LogP contribution in [0.3, 0.4) is 0 Å². The van der Waals surface area contributed by atoms with E-state index in [9.17, 15) is 13.2 Å². The molecule has 2 heterocycles. The molecule has 1 aliphatic heterocycles. The highest BCUT2D eigenvalue weighted by atomic mass is 35.5. The Balaban J connectivity index is 2.07. The summed E-state index contributed by atoms with van der Waals surface area (Å²) in [6, 6.07) is 4.55. The number of aryl methyl sites for hydroxylation is 1. The first kappa shape index (κ1) is 18.9. The number of halogens is 1. The Morgan fingerprint density at radius 2 is 2.08 bits per heavy atom. The number of fused-ring (bicyclic) bond motifs is 1. The van der Waals surface area contributed by atoms with Crippen molar-refractivity contribution >= 4 is 27.4 Å². The molecular formula is C18H21ClN2O4S. The summed E-state index contributed by atoms with van der Waals surface area (Å²) in [7, 11) is -3.46. The Morgan fingerprint density at radius 1 is 1.38 bits per heavy atom. The Morgan fingerprint density at radius 3 is 2.73 bits per heavy atom. The summed E-state index contributed by atoms with van der Waals surface area (Å²) >= 11 is 6.61. The second-order valence-electron chi connectivity index (χ2n) is 7.13. The molecule has 0 fully saturated rings. The van der Waals surface area contributed by atoms with Crippen LogP contribution in [0.1, 0.15) is 47.6 Å². The van der Waals surface area contributed by atoms with Gasteiger partial charge < -0.3 is 4.74 Å². The number of carbonyl (C=O) groups is 1. The summed E-state index contributed by atoms with van der Waals surface area (Å²) in [5.74, 6) is -0.254. The van der Waals surface area contributed by atoms with Crippen LogP contribution in [-0.2, 0) is 16.4 Å². The molecule has 140 valence electrons. The van der Waals surface area contributed by atoms with E-state index in [0.717, 1.165) is 0 Å². The number of benzene rings is 1. The van der Waals surface area contributed by atoms with E-state index in [1.54, 1.807) is 23.9 Å². The smallest absolute Gasteiger partial charge is 0.345 e. The molecule has 3 rings (SSSR count). The molecule has 8 heteroatoms. The number of ether oxygens (including phenoxy) is 1. The van der Waals surface area contributed by atoms with E-state index in [4.69, 9.17) is 16.3 Å². The lowest BCUT2D eigenvalue weighted by molar-refractivity contribution is 0.0717. The van der Waals surface area contributed by atoms with Crippen molar-refractivity contribution in [3.63, 3.8) is 0 Å². The standard InChI is InChI=1S/C18H21ClN2O4S/c1-5-21-14(8-9-20-21)25-17(22)12-6-7-13-15(11(12)2)16(19)18(3,4)10-26(13,23)24/h6-9,16H,5,10H2,1-4H3. The Kier molecular flexibility index (Phi) is 4.65. The van der Waals surface area contributed by atoms with Gasteiger partial charge in [-0.2, -0.15) is 5.10 Å². The van der Waals surface area contributed by atoms with E-state index in [1.807, 2.05) is 20.8 Å². The molecule has 6 nitrogen and oxygen atoms in total. The summed E-state index contributed by atoms with van der Waals surface area (Å²) in [5.41, 5.74) is 0.681. The minimum atomic E-state index is -3.46. The first-order chi connectivity index (χ1) is 12.1. The van der Waals surface area contributed by atoms with Gasteiger partial charge in [-0.25, -0.2) is 17.9 Å². The van der Waals surface area contributed by atoms with E-state index in [0.29, 0.717) is 29.1 Å². The van der Waals surface area contributed by atoms with Gasteiger partial charge in [0.15, 0.2) is 9.84 Å².